The first-order valence-electron chi connectivity index (χ1n) is 11.0. The highest BCUT2D eigenvalue weighted by molar-refractivity contribution is 5.43. The Kier molecular flexibility index (Phi) is 6.68. The van der Waals surface area contributed by atoms with Gasteiger partial charge < -0.3 is 9.84 Å². The molecule has 1 fully saturated rings. The molecular formula is C25H30FN3O2. The summed E-state index contributed by atoms with van der Waals surface area (Å²) >= 11 is 0. The van der Waals surface area contributed by atoms with E-state index in [1.807, 2.05) is 44.2 Å². The van der Waals surface area contributed by atoms with Crippen LogP contribution in [0.5, 0.6) is 11.6 Å². The lowest BCUT2D eigenvalue weighted by Gasteiger charge is -2.25. The summed E-state index contributed by atoms with van der Waals surface area (Å²) in [5.74, 6) is 0.955. The van der Waals surface area contributed by atoms with E-state index in [2.05, 4.69) is 4.90 Å². The van der Waals surface area contributed by atoms with Gasteiger partial charge in [0.25, 0.3) is 0 Å². The number of benzene rings is 2. The van der Waals surface area contributed by atoms with Gasteiger partial charge in [-0.05, 0) is 56.4 Å². The first kappa shape index (κ1) is 21.5. The molecule has 0 bridgehead atoms. The van der Waals surface area contributed by atoms with Gasteiger partial charge in [-0.2, -0.15) is 5.10 Å². The van der Waals surface area contributed by atoms with Crippen molar-refractivity contribution in [1.29, 1.82) is 0 Å². The van der Waals surface area contributed by atoms with Crippen LogP contribution in [0.3, 0.4) is 0 Å². The molecule has 4 rings (SSSR count). The van der Waals surface area contributed by atoms with Crippen LogP contribution < -0.4 is 4.74 Å². The van der Waals surface area contributed by atoms with E-state index in [0.29, 0.717) is 31.3 Å². The van der Waals surface area contributed by atoms with Crippen LogP contribution in [0.15, 0.2) is 54.6 Å². The Morgan fingerprint density at radius 1 is 1.16 bits per heavy atom. The van der Waals surface area contributed by atoms with Crippen LogP contribution in [0.2, 0.25) is 0 Å². The number of hydrogen-bond acceptors (Lipinski definition) is 4. The van der Waals surface area contributed by atoms with E-state index >= 15 is 0 Å². The first-order valence-corrected chi connectivity index (χ1v) is 11.0. The molecule has 3 aromatic rings. The normalized spacial score (nSPS) is 14.7. The van der Waals surface area contributed by atoms with Crippen LogP contribution in [0.4, 0.5) is 4.39 Å². The largest absolute Gasteiger partial charge is 0.435 e. The predicted molar refractivity (Wildman–Crippen MR) is 119 cm³/mol. The van der Waals surface area contributed by atoms with E-state index < -0.39 is 5.82 Å². The number of aryl methyl sites for hydroxylation is 1. The van der Waals surface area contributed by atoms with Crippen molar-refractivity contribution < 1.29 is 14.2 Å². The Bertz CT molecular complexity index is 1000. The molecule has 1 heterocycles. The average molecular weight is 424 g/mol. The molecule has 1 unspecified atom stereocenters. The Hall–Kier alpha value is -2.70. The van der Waals surface area contributed by atoms with E-state index in [0.717, 1.165) is 23.5 Å². The molecule has 1 atom stereocenters. The molecule has 164 valence electrons. The smallest absolute Gasteiger partial charge is 0.227 e. The molecule has 2 aromatic carbocycles. The Morgan fingerprint density at radius 3 is 2.55 bits per heavy atom. The number of nitrogens with zero attached hydrogens (tertiary/aromatic N) is 3. The summed E-state index contributed by atoms with van der Waals surface area (Å²) in [7, 11) is 0. The van der Waals surface area contributed by atoms with Gasteiger partial charge in [0.2, 0.25) is 5.88 Å². The Labute approximate surface area is 183 Å². The van der Waals surface area contributed by atoms with Gasteiger partial charge in [0.1, 0.15) is 0 Å². The summed E-state index contributed by atoms with van der Waals surface area (Å²) in [6, 6.07) is 16.1. The van der Waals surface area contributed by atoms with Gasteiger partial charge in [-0.3, -0.25) is 4.90 Å². The number of aliphatic hydroxyl groups excluding tert-OH is 1. The van der Waals surface area contributed by atoms with Gasteiger partial charge in [0, 0.05) is 19.6 Å². The highest BCUT2D eigenvalue weighted by Gasteiger charge is 2.28. The molecule has 1 aromatic heterocycles. The van der Waals surface area contributed by atoms with Crippen LogP contribution in [-0.4, -0.2) is 39.0 Å². The van der Waals surface area contributed by atoms with E-state index in [-0.39, 0.29) is 11.9 Å². The van der Waals surface area contributed by atoms with Crippen molar-refractivity contribution in [1.82, 2.24) is 14.7 Å². The maximum atomic E-state index is 14.4. The summed E-state index contributed by atoms with van der Waals surface area (Å²) in [6.07, 6.45) is 2.81. The van der Waals surface area contributed by atoms with Gasteiger partial charge >= 0.3 is 0 Å². The van der Waals surface area contributed by atoms with Crippen molar-refractivity contribution in [3.63, 3.8) is 0 Å². The van der Waals surface area contributed by atoms with E-state index in [1.54, 1.807) is 22.9 Å². The average Bonchev–Trinajstić information content (AvgIpc) is 3.54. The van der Waals surface area contributed by atoms with Crippen molar-refractivity contribution in [2.75, 3.05) is 13.1 Å². The Morgan fingerprint density at radius 2 is 1.87 bits per heavy atom. The maximum absolute atomic E-state index is 14.4. The number of ether oxygens (including phenoxy) is 1. The van der Waals surface area contributed by atoms with Crippen LogP contribution >= 0.6 is 0 Å². The predicted octanol–water partition coefficient (Wildman–Crippen LogP) is 5.10. The highest BCUT2D eigenvalue weighted by atomic mass is 19.1. The van der Waals surface area contributed by atoms with E-state index in [1.165, 1.54) is 18.9 Å². The third-order valence-corrected chi connectivity index (χ3v) is 5.72. The monoisotopic (exact) mass is 423 g/mol. The molecule has 0 spiro atoms. The van der Waals surface area contributed by atoms with Crippen LogP contribution in [0, 0.1) is 18.7 Å². The lowest BCUT2D eigenvalue weighted by atomic mass is 10.2. The first-order chi connectivity index (χ1) is 15.0. The second-order valence-corrected chi connectivity index (χ2v) is 8.35. The molecule has 1 N–H and O–H groups in total. The van der Waals surface area contributed by atoms with Gasteiger partial charge in [-0.1, -0.05) is 37.3 Å². The third kappa shape index (κ3) is 5.32. The van der Waals surface area contributed by atoms with Crippen molar-refractivity contribution in [3.05, 3.63) is 71.7 Å². The zero-order valence-electron chi connectivity index (χ0n) is 18.2. The van der Waals surface area contributed by atoms with Crippen LogP contribution in [0.1, 0.15) is 37.4 Å². The molecule has 31 heavy (non-hydrogen) atoms. The molecule has 0 saturated heterocycles. The second-order valence-electron chi connectivity index (χ2n) is 8.35. The van der Waals surface area contributed by atoms with Gasteiger partial charge in [-0.25, -0.2) is 9.07 Å². The Balaban J connectivity index is 1.71. The standard InChI is InChI=1S/C25H30FN3O2/c1-3-21(30)16-28(15-19-13-14-19)17-22-18(2)27-29(20-9-5-4-6-10-20)25(22)31-24-12-8-7-11-23(24)26/h4-12,19,21,30H,3,13-17H2,1-2H3. The molecule has 5 nitrogen and oxygen atoms in total. The van der Waals surface area contributed by atoms with Crippen molar-refractivity contribution >= 4 is 0 Å². The summed E-state index contributed by atoms with van der Waals surface area (Å²) in [4.78, 5) is 2.28. The second kappa shape index (κ2) is 9.62. The number of para-hydroxylation sites is 2. The zero-order valence-corrected chi connectivity index (χ0v) is 18.2. The van der Waals surface area contributed by atoms with Gasteiger partial charge in [0.15, 0.2) is 11.6 Å². The molecule has 1 aliphatic rings. The fraction of sp³-hybridized carbons (Fsp3) is 0.400. The van der Waals surface area contributed by atoms with Crippen molar-refractivity contribution in [2.24, 2.45) is 5.92 Å². The summed E-state index contributed by atoms with van der Waals surface area (Å²) in [6.45, 7) is 6.07. The SMILES string of the molecule is CCC(O)CN(Cc1c(C)nn(-c2ccccc2)c1Oc1ccccc1F)CC1CC1. The molecule has 0 aliphatic heterocycles. The van der Waals surface area contributed by atoms with Gasteiger partial charge in [-0.15, -0.1) is 0 Å². The minimum atomic E-state index is -0.414. The highest BCUT2D eigenvalue weighted by Crippen LogP contribution is 2.34. The molecule has 1 aliphatic carbocycles. The lowest BCUT2D eigenvalue weighted by Crippen LogP contribution is -2.33. The minimum Gasteiger partial charge on any atom is -0.435 e. The van der Waals surface area contributed by atoms with Crippen LogP contribution in [0.25, 0.3) is 5.69 Å². The number of aliphatic hydroxyl groups is 1. The molecular weight excluding hydrogens is 393 g/mol. The summed E-state index contributed by atoms with van der Waals surface area (Å²) in [5.41, 5.74) is 2.60. The summed E-state index contributed by atoms with van der Waals surface area (Å²) < 4.78 is 22.3. The fourth-order valence-corrected chi connectivity index (χ4v) is 3.72. The molecule has 0 amide bonds. The van der Waals surface area contributed by atoms with E-state index in [9.17, 15) is 9.50 Å². The molecule has 6 heteroatoms. The fourth-order valence-electron chi connectivity index (χ4n) is 3.72. The number of hydrogen-bond donors (Lipinski definition) is 1. The van der Waals surface area contributed by atoms with Crippen molar-refractivity contribution in [3.8, 4) is 17.3 Å². The molecule has 1 saturated carbocycles. The topological polar surface area (TPSA) is 50.5 Å². The quantitative estimate of drug-likeness (QED) is 0.493. The summed E-state index contributed by atoms with van der Waals surface area (Å²) in [5, 5.41) is 15.0. The van der Waals surface area contributed by atoms with Crippen molar-refractivity contribution in [2.45, 2.75) is 45.8 Å². The van der Waals surface area contributed by atoms with Gasteiger partial charge in [0.05, 0.1) is 23.0 Å². The van der Waals surface area contributed by atoms with Crippen LogP contribution in [-0.2, 0) is 6.54 Å². The number of halogens is 1. The lowest BCUT2D eigenvalue weighted by molar-refractivity contribution is 0.102. The number of rotatable bonds is 10. The third-order valence-electron chi connectivity index (χ3n) is 5.72. The maximum Gasteiger partial charge on any atom is 0.227 e. The zero-order chi connectivity index (χ0) is 21.8. The minimum absolute atomic E-state index is 0.170. The molecule has 0 radical (unpaired) electrons. The number of aromatic nitrogens is 2. The van der Waals surface area contributed by atoms with E-state index in [4.69, 9.17) is 9.84 Å².